The quantitative estimate of drug-likeness (QED) is 0.590. The van der Waals surface area contributed by atoms with E-state index in [1.165, 1.54) is 17.7 Å². The van der Waals surface area contributed by atoms with E-state index in [4.69, 9.17) is 10.1 Å². The Morgan fingerprint density at radius 2 is 2.06 bits per heavy atom. The molecule has 1 aromatic carbocycles. The van der Waals surface area contributed by atoms with Gasteiger partial charge in [-0.1, -0.05) is 18.2 Å². The lowest BCUT2D eigenvalue weighted by molar-refractivity contribution is -0.137. The molecule has 2 aliphatic rings. The number of alkyl halides is 3. The molecule has 0 saturated heterocycles. The van der Waals surface area contributed by atoms with Gasteiger partial charge in [0.2, 0.25) is 0 Å². The summed E-state index contributed by atoms with van der Waals surface area (Å²) in [5.41, 5.74) is 3.13. The topological polar surface area (TPSA) is 54.2 Å². The Balaban J connectivity index is 1.51. The molecule has 5 rings (SSSR count). The van der Waals surface area contributed by atoms with Gasteiger partial charge < -0.3 is 10.6 Å². The van der Waals surface area contributed by atoms with Crippen LogP contribution in [0.2, 0.25) is 0 Å². The van der Waals surface area contributed by atoms with Crippen molar-refractivity contribution in [1.82, 2.24) is 19.9 Å². The third-order valence-corrected chi connectivity index (χ3v) is 5.92. The molecule has 1 fully saturated rings. The molecule has 1 saturated carbocycles. The van der Waals surface area contributed by atoms with Crippen LogP contribution in [0.3, 0.4) is 0 Å². The van der Waals surface area contributed by atoms with Crippen LogP contribution in [0.4, 0.5) is 19.0 Å². The number of hydrogen-bond donors (Lipinski definition) is 2. The van der Waals surface area contributed by atoms with Gasteiger partial charge in [-0.25, -0.2) is 9.50 Å². The predicted octanol–water partition coefficient (Wildman–Crippen LogP) is 5.18. The van der Waals surface area contributed by atoms with Gasteiger partial charge in [-0.15, -0.1) is 0 Å². The Hall–Kier alpha value is -2.87. The summed E-state index contributed by atoms with van der Waals surface area (Å²) < 4.78 is 41.3. The van der Waals surface area contributed by atoms with Gasteiger partial charge in [-0.05, 0) is 67.6 Å². The second-order valence-corrected chi connectivity index (χ2v) is 8.32. The third-order valence-electron chi connectivity index (χ3n) is 5.92. The second kappa shape index (κ2) is 7.67. The van der Waals surface area contributed by atoms with E-state index in [0.717, 1.165) is 55.3 Å². The van der Waals surface area contributed by atoms with Crippen LogP contribution in [0, 0.1) is 0 Å². The smallest absolute Gasteiger partial charge is 0.362 e. The summed E-state index contributed by atoms with van der Waals surface area (Å²) in [6.45, 7) is 3.64. The van der Waals surface area contributed by atoms with E-state index in [0.29, 0.717) is 17.3 Å². The van der Waals surface area contributed by atoms with Gasteiger partial charge in [0.25, 0.3) is 0 Å². The number of aromatic nitrogens is 3. The summed E-state index contributed by atoms with van der Waals surface area (Å²) in [4.78, 5) is 4.76. The van der Waals surface area contributed by atoms with Crippen molar-refractivity contribution in [3.8, 4) is 0 Å². The maximum absolute atomic E-state index is 13.1. The van der Waals surface area contributed by atoms with E-state index >= 15 is 0 Å². The Kier molecular flexibility index (Phi) is 4.97. The molecule has 1 aliphatic heterocycles. The largest absolute Gasteiger partial charge is 0.416 e. The minimum Gasteiger partial charge on any atom is -0.362 e. The Morgan fingerprint density at radius 3 is 2.77 bits per heavy atom. The van der Waals surface area contributed by atoms with E-state index < -0.39 is 11.7 Å². The predicted molar refractivity (Wildman–Crippen MR) is 114 cm³/mol. The molecule has 162 valence electrons. The van der Waals surface area contributed by atoms with Gasteiger partial charge >= 0.3 is 6.18 Å². The second-order valence-electron chi connectivity index (χ2n) is 8.32. The Bertz CT molecular complexity index is 1140. The highest BCUT2D eigenvalue weighted by molar-refractivity contribution is 5.77. The first-order chi connectivity index (χ1) is 14.9. The van der Waals surface area contributed by atoms with Crippen molar-refractivity contribution in [1.29, 1.82) is 0 Å². The third kappa shape index (κ3) is 4.17. The molecule has 31 heavy (non-hydrogen) atoms. The van der Waals surface area contributed by atoms with Crippen LogP contribution in [0.5, 0.6) is 0 Å². The zero-order valence-corrected chi connectivity index (χ0v) is 17.2. The maximum Gasteiger partial charge on any atom is 0.416 e. The first-order valence-corrected chi connectivity index (χ1v) is 10.6. The average molecular weight is 427 g/mol. The summed E-state index contributed by atoms with van der Waals surface area (Å²) in [7, 11) is 0. The molecule has 8 heteroatoms. The fraction of sp³-hybridized carbons (Fsp3) is 0.391. The van der Waals surface area contributed by atoms with E-state index in [1.807, 2.05) is 17.6 Å². The Morgan fingerprint density at radius 1 is 1.23 bits per heavy atom. The number of benzene rings is 1. The van der Waals surface area contributed by atoms with E-state index in [2.05, 4.69) is 22.8 Å². The summed E-state index contributed by atoms with van der Waals surface area (Å²) >= 11 is 0. The van der Waals surface area contributed by atoms with Crippen LogP contribution < -0.4 is 10.6 Å². The van der Waals surface area contributed by atoms with Crippen LogP contribution in [0.25, 0.3) is 11.1 Å². The summed E-state index contributed by atoms with van der Waals surface area (Å²) in [6, 6.07) is 7.16. The monoisotopic (exact) mass is 427 g/mol. The summed E-state index contributed by atoms with van der Waals surface area (Å²) in [6.07, 6.45) is 2.93. The molecule has 1 atom stereocenters. The lowest BCUT2D eigenvalue weighted by atomic mass is 10.0. The molecule has 2 N–H and O–H groups in total. The molecular weight excluding hydrogens is 403 g/mol. The molecule has 2 aromatic heterocycles. The Labute approximate surface area is 178 Å². The minimum absolute atomic E-state index is 0.343. The molecule has 0 unspecified atom stereocenters. The van der Waals surface area contributed by atoms with Crippen molar-refractivity contribution in [3.63, 3.8) is 0 Å². The minimum atomic E-state index is -4.37. The standard InChI is InChI=1S/C23H24F3N5/c1-14(17-3-2-4-19(11-17)23(24,25)26)28-22-20-12-18(15-7-9-27-10-8-15)13-31(20)30-21(29-22)16-5-6-16/h2-4,7,11-14,16,27H,5-6,8-10H2,1H3,(H,28,29,30)/t14-/m1/s1. The molecule has 1 aliphatic carbocycles. The van der Waals surface area contributed by atoms with E-state index in [-0.39, 0.29) is 6.04 Å². The van der Waals surface area contributed by atoms with Gasteiger partial charge in [-0.3, -0.25) is 0 Å². The number of fused-ring (bicyclic) bond motifs is 1. The highest BCUT2D eigenvalue weighted by Gasteiger charge is 2.31. The fourth-order valence-electron chi connectivity index (χ4n) is 3.97. The molecule has 3 heterocycles. The number of rotatable bonds is 5. The average Bonchev–Trinajstić information content (AvgIpc) is 3.52. The summed E-state index contributed by atoms with van der Waals surface area (Å²) in [5.74, 6) is 1.80. The molecule has 0 bridgehead atoms. The molecule has 3 aromatic rings. The number of halogens is 3. The highest BCUT2D eigenvalue weighted by atomic mass is 19.4. The van der Waals surface area contributed by atoms with Gasteiger partial charge in [0.05, 0.1) is 11.6 Å². The molecule has 0 amide bonds. The normalized spacial score (nSPS) is 18.1. The van der Waals surface area contributed by atoms with Gasteiger partial charge in [-0.2, -0.15) is 18.3 Å². The summed E-state index contributed by atoms with van der Waals surface area (Å²) in [5, 5.41) is 11.4. The number of hydrogen-bond acceptors (Lipinski definition) is 4. The fourth-order valence-corrected chi connectivity index (χ4v) is 3.97. The maximum atomic E-state index is 13.1. The van der Waals surface area contributed by atoms with Crippen molar-refractivity contribution < 1.29 is 13.2 Å². The van der Waals surface area contributed by atoms with Crippen molar-refractivity contribution in [3.05, 3.63) is 65.1 Å². The van der Waals surface area contributed by atoms with Crippen molar-refractivity contribution in [2.24, 2.45) is 0 Å². The zero-order chi connectivity index (χ0) is 21.6. The van der Waals surface area contributed by atoms with Crippen molar-refractivity contribution >= 4 is 16.9 Å². The van der Waals surface area contributed by atoms with Crippen LogP contribution >= 0.6 is 0 Å². The van der Waals surface area contributed by atoms with E-state index in [9.17, 15) is 13.2 Å². The van der Waals surface area contributed by atoms with Crippen LogP contribution in [-0.4, -0.2) is 27.7 Å². The lowest BCUT2D eigenvalue weighted by Crippen LogP contribution is -2.19. The van der Waals surface area contributed by atoms with Crippen LogP contribution in [0.15, 0.2) is 42.6 Å². The SMILES string of the molecule is C[C@@H](Nc1nc(C2CC2)nn2cc(C3=CCNCC3)cc12)c1cccc(C(F)(F)F)c1. The molecule has 0 radical (unpaired) electrons. The number of nitrogens with one attached hydrogen (secondary N) is 2. The number of anilines is 1. The molecule has 5 nitrogen and oxygen atoms in total. The van der Waals surface area contributed by atoms with Gasteiger partial charge in [0, 0.05) is 18.7 Å². The van der Waals surface area contributed by atoms with Crippen LogP contribution in [0.1, 0.15) is 60.7 Å². The van der Waals surface area contributed by atoms with Crippen LogP contribution in [-0.2, 0) is 6.18 Å². The van der Waals surface area contributed by atoms with Crippen molar-refractivity contribution in [2.45, 2.75) is 44.3 Å². The first kappa shape index (κ1) is 20.1. The van der Waals surface area contributed by atoms with E-state index in [1.54, 1.807) is 6.07 Å². The van der Waals surface area contributed by atoms with Crippen molar-refractivity contribution in [2.75, 3.05) is 18.4 Å². The molecular formula is C23H24F3N5. The van der Waals surface area contributed by atoms with Gasteiger partial charge in [0.1, 0.15) is 5.52 Å². The first-order valence-electron chi connectivity index (χ1n) is 10.6. The van der Waals surface area contributed by atoms with Gasteiger partial charge in [0.15, 0.2) is 11.6 Å². The number of nitrogens with zero attached hydrogens (tertiary/aromatic N) is 3. The molecule has 0 spiro atoms. The zero-order valence-electron chi connectivity index (χ0n) is 17.2. The highest BCUT2D eigenvalue weighted by Crippen LogP contribution is 2.39. The lowest BCUT2D eigenvalue weighted by Gasteiger charge is -2.18.